The molecule has 3 nitrogen and oxygen atoms in total. The summed E-state index contributed by atoms with van der Waals surface area (Å²) < 4.78 is 5.74. The summed E-state index contributed by atoms with van der Waals surface area (Å²) in [6.45, 7) is 12.2. The summed E-state index contributed by atoms with van der Waals surface area (Å²) in [6, 6.07) is 6.66. The molecule has 0 saturated carbocycles. The van der Waals surface area contributed by atoms with Crippen molar-refractivity contribution in [1.82, 2.24) is 4.90 Å². The Morgan fingerprint density at radius 3 is 2.47 bits per heavy atom. The SMILES string of the molecule is Cc1cc(C)cc(C(N)CN2CCOC(C)(C)C2)c1. The second-order valence-electron chi connectivity index (χ2n) is 6.37. The van der Waals surface area contributed by atoms with E-state index in [-0.39, 0.29) is 11.6 Å². The maximum atomic E-state index is 6.37. The third kappa shape index (κ3) is 4.03. The van der Waals surface area contributed by atoms with Crippen LogP contribution >= 0.6 is 0 Å². The van der Waals surface area contributed by atoms with Crippen LogP contribution < -0.4 is 5.73 Å². The molecule has 106 valence electrons. The topological polar surface area (TPSA) is 38.5 Å². The maximum absolute atomic E-state index is 6.37. The monoisotopic (exact) mass is 262 g/mol. The van der Waals surface area contributed by atoms with Crippen molar-refractivity contribution in [1.29, 1.82) is 0 Å². The number of aryl methyl sites for hydroxylation is 2. The number of nitrogens with zero attached hydrogens (tertiary/aromatic N) is 1. The highest BCUT2D eigenvalue weighted by Gasteiger charge is 2.28. The minimum absolute atomic E-state index is 0.0551. The van der Waals surface area contributed by atoms with Crippen LogP contribution in [0.2, 0.25) is 0 Å². The molecule has 1 aromatic rings. The molecule has 0 aromatic heterocycles. The first kappa shape index (κ1) is 14.5. The molecule has 1 aliphatic rings. The van der Waals surface area contributed by atoms with E-state index in [0.29, 0.717) is 0 Å². The fourth-order valence-electron chi connectivity index (χ4n) is 2.88. The number of benzene rings is 1. The molecule has 0 radical (unpaired) electrons. The molecule has 1 aliphatic heterocycles. The molecule has 0 aliphatic carbocycles. The highest BCUT2D eigenvalue weighted by atomic mass is 16.5. The number of hydrogen-bond donors (Lipinski definition) is 1. The van der Waals surface area contributed by atoms with E-state index in [1.54, 1.807) is 0 Å². The fraction of sp³-hybridized carbons (Fsp3) is 0.625. The van der Waals surface area contributed by atoms with Gasteiger partial charge in [-0.05, 0) is 33.3 Å². The van der Waals surface area contributed by atoms with Crippen LogP contribution in [-0.4, -0.2) is 36.7 Å². The second kappa shape index (κ2) is 5.61. The van der Waals surface area contributed by atoms with Crippen LogP contribution in [0.5, 0.6) is 0 Å². The normalized spacial score (nSPS) is 21.3. The van der Waals surface area contributed by atoms with E-state index in [1.165, 1.54) is 16.7 Å². The van der Waals surface area contributed by atoms with Gasteiger partial charge in [-0.2, -0.15) is 0 Å². The minimum atomic E-state index is -0.0551. The van der Waals surface area contributed by atoms with Crippen molar-refractivity contribution < 1.29 is 4.74 Å². The van der Waals surface area contributed by atoms with Gasteiger partial charge in [-0.3, -0.25) is 4.90 Å². The number of morpholine rings is 1. The molecule has 2 rings (SSSR count). The Morgan fingerprint density at radius 2 is 1.89 bits per heavy atom. The second-order valence-corrected chi connectivity index (χ2v) is 6.37. The molecule has 1 saturated heterocycles. The molecule has 0 bridgehead atoms. The maximum Gasteiger partial charge on any atom is 0.0753 e. The van der Waals surface area contributed by atoms with Gasteiger partial charge in [-0.15, -0.1) is 0 Å². The molecule has 1 unspecified atom stereocenters. The lowest BCUT2D eigenvalue weighted by atomic mass is 10.0. The van der Waals surface area contributed by atoms with Gasteiger partial charge in [-0.1, -0.05) is 29.3 Å². The minimum Gasteiger partial charge on any atom is -0.373 e. The summed E-state index contributed by atoms with van der Waals surface area (Å²) in [4.78, 5) is 2.41. The van der Waals surface area contributed by atoms with Crippen molar-refractivity contribution in [2.24, 2.45) is 5.73 Å². The lowest BCUT2D eigenvalue weighted by Crippen LogP contribution is -2.50. The standard InChI is InChI=1S/C16H26N2O/c1-12-7-13(2)9-14(8-12)15(17)10-18-5-6-19-16(3,4)11-18/h7-9,15H,5-6,10-11,17H2,1-4H3. The van der Waals surface area contributed by atoms with Gasteiger partial charge in [0.25, 0.3) is 0 Å². The number of rotatable bonds is 3. The molecule has 2 N–H and O–H groups in total. The zero-order valence-corrected chi connectivity index (χ0v) is 12.6. The first-order valence-corrected chi connectivity index (χ1v) is 7.06. The highest BCUT2D eigenvalue weighted by molar-refractivity contribution is 5.30. The largest absolute Gasteiger partial charge is 0.373 e. The van der Waals surface area contributed by atoms with Gasteiger partial charge in [0.1, 0.15) is 0 Å². The molecule has 1 fully saturated rings. The van der Waals surface area contributed by atoms with Crippen LogP contribution in [0.15, 0.2) is 18.2 Å². The van der Waals surface area contributed by atoms with Crippen molar-refractivity contribution in [3.05, 3.63) is 34.9 Å². The first-order chi connectivity index (χ1) is 8.85. The first-order valence-electron chi connectivity index (χ1n) is 7.06. The van der Waals surface area contributed by atoms with E-state index in [2.05, 4.69) is 50.8 Å². The van der Waals surface area contributed by atoms with E-state index in [4.69, 9.17) is 10.5 Å². The van der Waals surface area contributed by atoms with E-state index in [0.717, 1.165) is 26.2 Å². The van der Waals surface area contributed by atoms with Gasteiger partial charge >= 0.3 is 0 Å². The zero-order chi connectivity index (χ0) is 14.0. The van der Waals surface area contributed by atoms with Crippen LogP contribution in [0, 0.1) is 13.8 Å². The Morgan fingerprint density at radius 1 is 1.26 bits per heavy atom. The van der Waals surface area contributed by atoms with E-state index in [9.17, 15) is 0 Å². The summed E-state index contributed by atoms with van der Waals surface area (Å²) in [6.07, 6.45) is 0. The van der Waals surface area contributed by atoms with Crippen molar-refractivity contribution in [3.63, 3.8) is 0 Å². The van der Waals surface area contributed by atoms with Crippen LogP contribution in [0.3, 0.4) is 0 Å². The molecular formula is C16H26N2O. The zero-order valence-electron chi connectivity index (χ0n) is 12.6. The number of ether oxygens (including phenoxy) is 1. The predicted molar refractivity (Wildman–Crippen MR) is 79.3 cm³/mol. The van der Waals surface area contributed by atoms with Crippen LogP contribution in [0.1, 0.15) is 36.6 Å². The Labute approximate surface area is 116 Å². The molecule has 1 atom stereocenters. The summed E-state index contributed by atoms with van der Waals surface area (Å²) in [5.74, 6) is 0. The lowest BCUT2D eigenvalue weighted by molar-refractivity contribution is -0.0869. The van der Waals surface area contributed by atoms with Crippen molar-refractivity contribution in [2.45, 2.75) is 39.3 Å². The summed E-state index contributed by atoms with van der Waals surface area (Å²) in [5, 5.41) is 0. The van der Waals surface area contributed by atoms with Gasteiger partial charge in [0.15, 0.2) is 0 Å². The summed E-state index contributed by atoms with van der Waals surface area (Å²) in [5.41, 5.74) is 10.1. The third-order valence-electron chi connectivity index (χ3n) is 3.63. The Balaban J connectivity index is 2.02. The average molecular weight is 262 g/mol. The lowest BCUT2D eigenvalue weighted by Gasteiger charge is -2.39. The van der Waals surface area contributed by atoms with Gasteiger partial charge in [0.2, 0.25) is 0 Å². The average Bonchev–Trinajstić information content (AvgIpc) is 2.26. The van der Waals surface area contributed by atoms with Gasteiger partial charge < -0.3 is 10.5 Å². The Hall–Kier alpha value is -0.900. The van der Waals surface area contributed by atoms with Crippen LogP contribution in [-0.2, 0) is 4.74 Å². The fourth-order valence-corrected chi connectivity index (χ4v) is 2.88. The molecule has 0 amide bonds. The number of nitrogens with two attached hydrogens (primary N) is 1. The van der Waals surface area contributed by atoms with Gasteiger partial charge in [-0.25, -0.2) is 0 Å². The van der Waals surface area contributed by atoms with Crippen LogP contribution in [0.25, 0.3) is 0 Å². The van der Waals surface area contributed by atoms with Crippen LogP contribution in [0.4, 0.5) is 0 Å². The molecule has 19 heavy (non-hydrogen) atoms. The molecule has 1 aromatic carbocycles. The molecular weight excluding hydrogens is 236 g/mol. The van der Waals surface area contributed by atoms with E-state index >= 15 is 0 Å². The Kier molecular flexibility index (Phi) is 4.29. The molecule has 3 heteroatoms. The third-order valence-corrected chi connectivity index (χ3v) is 3.63. The van der Waals surface area contributed by atoms with Crippen molar-refractivity contribution in [3.8, 4) is 0 Å². The molecule has 1 heterocycles. The van der Waals surface area contributed by atoms with Crippen molar-refractivity contribution >= 4 is 0 Å². The predicted octanol–water partition coefficient (Wildman–Crippen LogP) is 2.41. The van der Waals surface area contributed by atoms with Crippen molar-refractivity contribution in [2.75, 3.05) is 26.2 Å². The number of hydrogen-bond acceptors (Lipinski definition) is 3. The van der Waals surface area contributed by atoms with Gasteiger partial charge in [0.05, 0.1) is 12.2 Å². The summed E-state index contributed by atoms with van der Waals surface area (Å²) >= 11 is 0. The van der Waals surface area contributed by atoms with E-state index < -0.39 is 0 Å². The highest BCUT2D eigenvalue weighted by Crippen LogP contribution is 2.20. The quantitative estimate of drug-likeness (QED) is 0.909. The Bertz CT molecular complexity index is 422. The van der Waals surface area contributed by atoms with E-state index in [1.807, 2.05) is 0 Å². The van der Waals surface area contributed by atoms with Gasteiger partial charge in [0, 0.05) is 25.7 Å². The smallest absolute Gasteiger partial charge is 0.0753 e. The molecule has 0 spiro atoms. The summed E-state index contributed by atoms with van der Waals surface area (Å²) in [7, 11) is 0.